The minimum atomic E-state index is -3.85. The second kappa shape index (κ2) is 8.23. The predicted octanol–water partition coefficient (Wildman–Crippen LogP) is 1.73. The Kier molecular flexibility index (Phi) is 5.74. The van der Waals surface area contributed by atoms with Crippen LogP contribution in [0.1, 0.15) is 20.8 Å². The topological polar surface area (TPSA) is 125 Å². The van der Waals surface area contributed by atoms with Crippen molar-refractivity contribution < 1.29 is 17.9 Å². The number of hydrogen-bond donors (Lipinski definition) is 2. The Morgan fingerprint density at radius 2 is 1.88 bits per heavy atom. The Morgan fingerprint density at radius 1 is 1.16 bits per heavy atom. The van der Waals surface area contributed by atoms with E-state index in [0.29, 0.717) is 37.8 Å². The number of nitrogens with zero attached hydrogens (tertiary/aromatic N) is 4. The molecule has 0 radical (unpaired) electrons. The third-order valence-corrected chi connectivity index (χ3v) is 6.75. The molecule has 0 bridgehead atoms. The van der Waals surface area contributed by atoms with Crippen LogP contribution in [0, 0.1) is 0 Å². The Hall–Kier alpha value is -2.89. The molecule has 3 aromatic rings. The fourth-order valence-corrected chi connectivity index (χ4v) is 5.27. The molecule has 0 aliphatic carbocycles. The highest BCUT2D eigenvalue weighted by atomic mass is 32.2. The molecule has 3 N–H and O–H groups in total. The maximum absolute atomic E-state index is 13.0. The van der Waals surface area contributed by atoms with Crippen molar-refractivity contribution in [2.24, 2.45) is 0 Å². The van der Waals surface area contributed by atoms with Crippen molar-refractivity contribution in [3.8, 4) is 17.0 Å². The number of benzene rings is 1. The zero-order valence-corrected chi connectivity index (χ0v) is 19.4. The van der Waals surface area contributed by atoms with Gasteiger partial charge in [0.15, 0.2) is 0 Å². The van der Waals surface area contributed by atoms with Gasteiger partial charge in [-0.1, -0.05) is 6.07 Å². The predicted molar refractivity (Wildman–Crippen MR) is 123 cm³/mol. The normalized spacial score (nSPS) is 15.3. The third-order valence-electron chi connectivity index (χ3n) is 5.00. The van der Waals surface area contributed by atoms with Crippen LogP contribution in [0.2, 0.25) is 0 Å². The summed E-state index contributed by atoms with van der Waals surface area (Å²) in [4.78, 5) is 8.70. The van der Waals surface area contributed by atoms with E-state index >= 15 is 0 Å². The first kappa shape index (κ1) is 22.3. The molecule has 0 saturated carbocycles. The molecular formula is C21H28N6O4S. The average molecular weight is 461 g/mol. The lowest BCUT2D eigenvalue weighted by Crippen LogP contribution is -2.44. The molecule has 1 fully saturated rings. The Morgan fingerprint density at radius 3 is 2.53 bits per heavy atom. The maximum Gasteiger partial charge on any atom is 0.246 e. The number of nitrogens with two attached hydrogens (primary N) is 1. The number of rotatable bonds is 5. The minimum Gasteiger partial charge on any atom is -0.480 e. The maximum atomic E-state index is 13.0. The van der Waals surface area contributed by atoms with Crippen molar-refractivity contribution in [1.29, 1.82) is 0 Å². The molecule has 2 aromatic heterocycles. The zero-order chi connectivity index (χ0) is 23.1. The number of hydrogen-bond acceptors (Lipinski definition) is 8. The van der Waals surface area contributed by atoms with Gasteiger partial charge in [0.2, 0.25) is 21.9 Å². The van der Waals surface area contributed by atoms with E-state index < -0.39 is 15.6 Å². The molecule has 3 heterocycles. The van der Waals surface area contributed by atoms with Gasteiger partial charge in [-0.25, -0.2) is 27.8 Å². The summed E-state index contributed by atoms with van der Waals surface area (Å²) in [5.74, 6) is 0.429. The monoisotopic (exact) mass is 460 g/mol. The third kappa shape index (κ3) is 4.36. The van der Waals surface area contributed by atoms with Gasteiger partial charge in [0.1, 0.15) is 4.90 Å². The Balaban J connectivity index is 1.80. The highest BCUT2D eigenvalue weighted by Crippen LogP contribution is 2.31. The van der Waals surface area contributed by atoms with E-state index in [9.17, 15) is 8.42 Å². The summed E-state index contributed by atoms with van der Waals surface area (Å²) in [6, 6.07) is 7.24. The summed E-state index contributed by atoms with van der Waals surface area (Å²) in [5, 5.41) is 2.09. The molecule has 1 aliphatic rings. The highest BCUT2D eigenvalue weighted by molar-refractivity contribution is 7.89. The summed E-state index contributed by atoms with van der Waals surface area (Å²) in [7, 11) is -2.46. The average Bonchev–Trinajstić information content (AvgIpc) is 3.07. The van der Waals surface area contributed by atoms with E-state index in [0.717, 1.165) is 16.6 Å². The van der Waals surface area contributed by atoms with Gasteiger partial charge >= 0.3 is 0 Å². The lowest BCUT2D eigenvalue weighted by atomic mass is 10.1. The number of fused-ring (bicyclic) bond motifs is 1. The summed E-state index contributed by atoms with van der Waals surface area (Å²) in [6.45, 7) is 7.96. The second-order valence-electron chi connectivity index (χ2n) is 8.64. The van der Waals surface area contributed by atoms with E-state index in [1.165, 1.54) is 7.11 Å². The van der Waals surface area contributed by atoms with Crippen LogP contribution in [0.25, 0.3) is 22.2 Å². The lowest BCUT2D eigenvalue weighted by molar-refractivity contribution is 0.112. The van der Waals surface area contributed by atoms with Crippen LogP contribution in [-0.2, 0) is 14.8 Å². The van der Waals surface area contributed by atoms with Gasteiger partial charge in [-0.15, -0.1) is 0 Å². The van der Waals surface area contributed by atoms with Crippen LogP contribution in [0.5, 0.6) is 5.88 Å². The first-order valence-corrected chi connectivity index (χ1v) is 11.8. The first-order valence-electron chi connectivity index (χ1n) is 10.3. The number of aromatic nitrogens is 3. The van der Waals surface area contributed by atoms with E-state index in [2.05, 4.69) is 19.7 Å². The number of anilines is 1. The van der Waals surface area contributed by atoms with Gasteiger partial charge in [-0.2, -0.15) is 0 Å². The van der Waals surface area contributed by atoms with Gasteiger partial charge in [-0.3, -0.25) is 0 Å². The van der Waals surface area contributed by atoms with Crippen molar-refractivity contribution in [1.82, 2.24) is 19.4 Å². The van der Waals surface area contributed by atoms with Gasteiger partial charge in [-0.05, 0) is 44.5 Å². The Labute approximate surface area is 187 Å². The fraction of sp³-hybridized carbons (Fsp3) is 0.429. The quantitative estimate of drug-likeness (QED) is 0.590. The van der Waals surface area contributed by atoms with Crippen molar-refractivity contribution in [2.45, 2.75) is 31.2 Å². The Bertz CT molecular complexity index is 1240. The number of methoxy groups -OCH3 is 1. The van der Waals surface area contributed by atoms with Gasteiger partial charge in [0.25, 0.3) is 0 Å². The lowest BCUT2D eigenvalue weighted by Gasteiger charge is -2.30. The molecule has 10 nitrogen and oxygen atoms in total. The molecule has 1 saturated heterocycles. The highest BCUT2D eigenvalue weighted by Gasteiger charge is 2.27. The van der Waals surface area contributed by atoms with Crippen LogP contribution in [-0.4, -0.2) is 62.0 Å². The number of ether oxygens (including phenoxy) is 2. The molecule has 1 aromatic carbocycles. The summed E-state index contributed by atoms with van der Waals surface area (Å²) in [6.07, 6.45) is 1.59. The molecule has 0 atom stereocenters. The summed E-state index contributed by atoms with van der Waals surface area (Å²) >= 11 is 0. The van der Waals surface area contributed by atoms with Crippen molar-refractivity contribution in [3.63, 3.8) is 0 Å². The number of imidazole rings is 1. The van der Waals surface area contributed by atoms with Crippen molar-refractivity contribution in [3.05, 3.63) is 30.5 Å². The van der Waals surface area contributed by atoms with Crippen molar-refractivity contribution >= 4 is 27.0 Å². The van der Waals surface area contributed by atoms with Crippen LogP contribution >= 0.6 is 0 Å². The largest absolute Gasteiger partial charge is 0.480 e. The van der Waals surface area contributed by atoms with Gasteiger partial charge < -0.3 is 20.2 Å². The summed E-state index contributed by atoms with van der Waals surface area (Å²) < 4.78 is 41.2. The number of nitrogens with one attached hydrogen (secondary N) is 1. The van der Waals surface area contributed by atoms with Crippen LogP contribution in [0.4, 0.5) is 5.95 Å². The fourth-order valence-electron chi connectivity index (χ4n) is 3.71. The number of pyridine rings is 1. The molecule has 0 unspecified atom stereocenters. The van der Waals surface area contributed by atoms with Gasteiger partial charge in [0, 0.05) is 17.3 Å². The molecule has 32 heavy (non-hydrogen) atoms. The van der Waals surface area contributed by atoms with Gasteiger partial charge in [0.05, 0.1) is 44.4 Å². The zero-order valence-electron chi connectivity index (χ0n) is 18.6. The molecule has 172 valence electrons. The SMILES string of the molecule is COc1ncc(-c2ccc3nc(N)n(N4CCOCC4)c3c2)cc1S(=O)(=O)NC(C)(C)C. The molecule has 4 rings (SSSR count). The van der Waals surface area contributed by atoms with Crippen LogP contribution < -0.4 is 20.2 Å². The van der Waals surface area contributed by atoms with Crippen LogP contribution in [0.3, 0.4) is 0 Å². The number of morpholine rings is 1. The second-order valence-corrected chi connectivity index (χ2v) is 10.3. The number of nitrogen functional groups attached to an aromatic ring is 1. The van der Waals surface area contributed by atoms with E-state index in [1.54, 1.807) is 33.0 Å². The summed E-state index contributed by atoms with van der Waals surface area (Å²) in [5.41, 5.74) is 8.55. The molecule has 0 spiro atoms. The van der Waals surface area contributed by atoms with E-state index in [1.807, 2.05) is 22.9 Å². The molecule has 11 heteroatoms. The standard InChI is InChI=1S/C21H28N6O4S/c1-21(2,3)25-32(28,29)18-12-15(13-23-19(18)30-4)14-5-6-16-17(11-14)27(20(22)24-16)26-7-9-31-10-8-26/h5-6,11-13,25H,7-10H2,1-4H3,(H2,22,24). The van der Waals surface area contributed by atoms with Crippen molar-refractivity contribution in [2.75, 3.05) is 44.2 Å². The molecule has 0 amide bonds. The van der Waals surface area contributed by atoms with E-state index in [4.69, 9.17) is 15.2 Å². The smallest absolute Gasteiger partial charge is 0.246 e. The van der Waals surface area contributed by atoms with E-state index in [-0.39, 0.29) is 10.8 Å². The molecule has 1 aliphatic heterocycles. The molecular weight excluding hydrogens is 432 g/mol. The first-order chi connectivity index (χ1) is 15.1. The van der Waals surface area contributed by atoms with Crippen LogP contribution in [0.15, 0.2) is 35.4 Å². The minimum absolute atomic E-state index is 0.0197. The number of sulfonamides is 1.